The van der Waals surface area contributed by atoms with Crippen LogP contribution in [0.25, 0.3) is 10.6 Å². The molecule has 138 valence electrons. The fraction of sp³-hybridized carbons (Fsp3) is 0.105. The lowest BCUT2D eigenvalue weighted by atomic mass is 10.0. The normalized spacial score (nSPS) is 11.8. The summed E-state index contributed by atoms with van der Waals surface area (Å²) < 4.78 is 13.1. The number of carbonyl (C=O) groups excluding carboxylic acids is 1. The minimum atomic E-state index is -1.08. The summed E-state index contributed by atoms with van der Waals surface area (Å²) in [5.74, 6) is -2.04. The van der Waals surface area contributed by atoms with Gasteiger partial charge in [-0.3, -0.25) is 9.59 Å². The van der Waals surface area contributed by atoms with Crippen LogP contribution in [0, 0.1) is 5.82 Å². The second-order valence-corrected chi connectivity index (χ2v) is 6.96. The van der Waals surface area contributed by atoms with Crippen LogP contribution in [-0.2, 0) is 4.79 Å². The van der Waals surface area contributed by atoms with Gasteiger partial charge in [0.05, 0.1) is 17.5 Å². The standard InChI is InChI=1S/C19H14ClFN2O3S/c20-14-4-2-1-3-13(14)19-23-16(10-27-19)18(26)22-15(9-17(24)25)11-5-7-12(21)8-6-11/h1-8,10,15H,9H2,(H,22,26)(H,24,25)/t15-/m0/s1. The summed E-state index contributed by atoms with van der Waals surface area (Å²) in [7, 11) is 0. The predicted molar refractivity (Wildman–Crippen MR) is 101 cm³/mol. The number of carbonyl (C=O) groups is 2. The van der Waals surface area contributed by atoms with E-state index in [4.69, 9.17) is 16.7 Å². The topological polar surface area (TPSA) is 79.3 Å². The van der Waals surface area contributed by atoms with E-state index in [1.807, 2.05) is 6.07 Å². The summed E-state index contributed by atoms with van der Waals surface area (Å²) in [5, 5.41) is 14.4. The van der Waals surface area contributed by atoms with Gasteiger partial charge in [-0.15, -0.1) is 11.3 Å². The maximum atomic E-state index is 13.1. The van der Waals surface area contributed by atoms with E-state index in [9.17, 15) is 14.0 Å². The van der Waals surface area contributed by atoms with Crippen molar-refractivity contribution in [2.24, 2.45) is 0 Å². The molecule has 3 rings (SSSR count). The number of carboxylic acid groups (broad SMARTS) is 1. The van der Waals surface area contributed by atoms with E-state index < -0.39 is 23.7 Å². The van der Waals surface area contributed by atoms with E-state index in [1.165, 1.54) is 35.6 Å². The Balaban J connectivity index is 1.81. The molecule has 8 heteroatoms. The summed E-state index contributed by atoms with van der Waals surface area (Å²) in [5.41, 5.74) is 1.37. The largest absolute Gasteiger partial charge is 0.481 e. The summed E-state index contributed by atoms with van der Waals surface area (Å²) in [6, 6.07) is 11.7. The maximum absolute atomic E-state index is 13.1. The molecular weight excluding hydrogens is 391 g/mol. The molecular formula is C19H14ClFN2O3S. The highest BCUT2D eigenvalue weighted by Gasteiger charge is 2.21. The quantitative estimate of drug-likeness (QED) is 0.631. The zero-order valence-corrected chi connectivity index (χ0v) is 15.4. The molecule has 0 radical (unpaired) electrons. The van der Waals surface area contributed by atoms with E-state index in [1.54, 1.807) is 23.6 Å². The Hall–Kier alpha value is -2.77. The number of amides is 1. The van der Waals surface area contributed by atoms with Crippen molar-refractivity contribution in [3.63, 3.8) is 0 Å². The summed E-state index contributed by atoms with van der Waals surface area (Å²) in [4.78, 5) is 28.0. The van der Waals surface area contributed by atoms with Crippen LogP contribution in [0.2, 0.25) is 5.02 Å². The van der Waals surface area contributed by atoms with E-state index in [-0.39, 0.29) is 12.1 Å². The number of benzene rings is 2. The summed E-state index contributed by atoms with van der Waals surface area (Å²) >= 11 is 7.41. The van der Waals surface area contributed by atoms with Gasteiger partial charge in [-0.25, -0.2) is 9.37 Å². The van der Waals surface area contributed by atoms with Gasteiger partial charge in [-0.05, 0) is 23.8 Å². The molecule has 5 nitrogen and oxygen atoms in total. The molecule has 0 saturated heterocycles. The molecule has 0 aliphatic carbocycles. The van der Waals surface area contributed by atoms with Gasteiger partial charge in [0.15, 0.2) is 0 Å². The van der Waals surface area contributed by atoms with Crippen LogP contribution in [0.15, 0.2) is 53.9 Å². The molecule has 2 aromatic carbocycles. The Morgan fingerprint density at radius 3 is 2.56 bits per heavy atom. The van der Waals surface area contributed by atoms with Crippen molar-refractivity contribution in [3.05, 3.63) is 76.0 Å². The third kappa shape index (κ3) is 4.69. The van der Waals surface area contributed by atoms with Crippen LogP contribution in [0.3, 0.4) is 0 Å². The van der Waals surface area contributed by atoms with Crippen molar-refractivity contribution >= 4 is 34.8 Å². The van der Waals surface area contributed by atoms with Crippen LogP contribution in [0.4, 0.5) is 4.39 Å². The third-order valence-electron chi connectivity index (χ3n) is 3.80. The molecule has 0 aliphatic rings. The zero-order chi connectivity index (χ0) is 19.4. The van der Waals surface area contributed by atoms with Crippen molar-refractivity contribution in [2.45, 2.75) is 12.5 Å². The first-order valence-corrected chi connectivity index (χ1v) is 9.18. The Labute approximate surface area is 163 Å². The van der Waals surface area contributed by atoms with Gasteiger partial charge in [-0.1, -0.05) is 41.9 Å². The van der Waals surface area contributed by atoms with Crippen LogP contribution in [-0.4, -0.2) is 22.0 Å². The minimum Gasteiger partial charge on any atom is -0.481 e. The lowest BCUT2D eigenvalue weighted by Gasteiger charge is -2.16. The molecule has 0 fully saturated rings. The zero-order valence-electron chi connectivity index (χ0n) is 13.9. The molecule has 0 saturated carbocycles. The lowest BCUT2D eigenvalue weighted by Crippen LogP contribution is -2.30. The van der Waals surface area contributed by atoms with E-state index in [2.05, 4.69) is 10.3 Å². The SMILES string of the molecule is O=C(O)C[C@H](NC(=O)c1csc(-c2ccccc2Cl)n1)c1ccc(F)cc1. The molecule has 0 aliphatic heterocycles. The fourth-order valence-electron chi connectivity index (χ4n) is 2.49. The van der Waals surface area contributed by atoms with Gasteiger partial charge in [0.1, 0.15) is 16.5 Å². The number of aromatic nitrogens is 1. The molecule has 0 spiro atoms. The second-order valence-electron chi connectivity index (χ2n) is 5.69. The smallest absolute Gasteiger partial charge is 0.305 e. The van der Waals surface area contributed by atoms with Gasteiger partial charge in [0.25, 0.3) is 5.91 Å². The number of halogens is 2. The summed E-state index contributed by atoms with van der Waals surface area (Å²) in [6.07, 6.45) is -0.334. The van der Waals surface area contributed by atoms with E-state index in [0.29, 0.717) is 21.2 Å². The minimum absolute atomic E-state index is 0.160. The van der Waals surface area contributed by atoms with Crippen molar-refractivity contribution < 1.29 is 19.1 Å². The van der Waals surface area contributed by atoms with Gasteiger partial charge in [0, 0.05) is 10.9 Å². The molecule has 27 heavy (non-hydrogen) atoms. The summed E-state index contributed by atoms with van der Waals surface area (Å²) in [6.45, 7) is 0. The molecule has 3 aromatic rings. The van der Waals surface area contributed by atoms with E-state index in [0.717, 1.165) is 0 Å². The van der Waals surface area contributed by atoms with Crippen molar-refractivity contribution in [1.82, 2.24) is 10.3 Å². The number of aliphatic carboxylic acids is 1. The van der Waals surface area contributed by atoms with Crippen LogP contribution >= 0.6 is 22.9 Å². The van der Waals surface area contributed by atoms with Gasteiger partial charge in [0.2, 0.25) is 0 Å². The van der Waals surface area contributed by atoms with Crippen molar-refractivity contribution in [3.8, 4) is 10.6 Å². The highest BCUT2D eigenvalue weighted by Crippen LogP contribution is 2.30. The Bertz CT molecular complexity index is 975. The van der Waals surface area contributed by atoms with Gasteiger partial charge >= 0.3 is 5.97 Å². The average Bonchev–Trinajstić information content (AvgIpc) is 3.12. The number of carboxylic acids is 1. The average molecular weight is 405 g/mol. The number of hydrogen-bond donors (Lipinski definition) is 2. The number of nitrogens with one attached hydrogen (secondary N) is 1. The molecule has 1 atom stereocenters. The number of thiazole rings is 1. The Morgan fingerprint density at radius 1 is 1.19 bits per heavy atom. The van der Waals surface area contributed by atoms with Crippen molar-refractivity contribution in [1.29, 1.82) is 0 Å². The van der Waals surface area contributed by atoms with Crippen LogP contribution < -0.4 is 5.32 Å². The first-order valence-electron chi connectivity index (χ1n) is 7.92. The molecule has 2 N–H and O–H groups in total. The molecule has 0 unspecified atom stereocenters. The van der Waals surface area contributed by atoms with Crippen molar-refractivity contribution in [2.75, 3.05) is 0 Å². The van der Waals surface area contributed by atoms with Gasteiger partial charge < -0.3 is 10.4 Å². The maximum Gasteiger partial charge on any atom is 0.305 e. The van der Waals surface area contributed by atoms with Crippen LogP contribution in [0.5, 0.6) is 0 Å². The molecule has 1 heterocycles. The monoisotopic (exact) mass is 404 g/mol. The Morgan fingerprint density at radius 2 is 1.89 bits per heavy atom. The third-order valence-corrected chi connectivity index (χ3v) is 5.00. The second kappa shape index (κ2) is 8.28. The highest BCUT2D eigenvalue weighted by molar-refractivity contribution is 7.13. The Kier molecular flexibility index (Phi) is 5.83. The number of nitrogens with zero attached hydrogens (tertiary/aromatic N) is 1. The lowest BCUT2D eigenvalue weighted by molar-refractivity contribution is -0.137. The molecule has 1 aromatic heterocycles. The number of hydrogen-bond acceptors (Lipinski definition) is 4. The fourth-order valence-corrected chi connectivity index (χ4v) is 3.61. The van der Waals surface area contributed by atoms with E-state index >= 15 is 0 Å². The molecule has 0 bridgehead atoms. The van der Waals surface area contributed by atoms with Gasteiger partial charge in [-0.2, -0.15) is 0 Å². The molecule has 1 amide bonds. The van der Waals surface area contributed by atoms with Crippen LogP contribution in [0.1, 0.15) is 28.5 Å². The highest BCUT2D eigenvalue weighted by atomic mass is 35.5. The first-order chi connectivity index (χ1) is 12.9. The number of rotatable bonds is 6. The first kappa shape index (κ1) is 19.0. The predicted octanol–water partition coefficient (Wildman–Crippen LogP) is 4.55.